The average molecular weight is 294 g/mol. The van der Waals surface area contributed by atoms with Gasteiger partial charge in [0.1, 0.15) is 11.6 Å². The molecule has 1 aromatic rings. The number of carbonyl (C=O) groups excluding carboxylic acids is 1. The highest BCUT2D eigenvalue weighted by Gasteiger charge is 2.06. The van der Waals surface area contributed by atoms with Crippen molar-refractivity contribution in [1.29, 1.82) is 0 Å². The van der Waals surface area contributed by atoms with Gasteiger partial charge in [-0.15, -0.1) is 0 Å². The Labute approximate surface area is 123 Å². The lowest BCUT2D eigenvalue weighted by molar-refractivity contribution is -0.119. The van der Waals surface area contributed by atoms with E-state index in [0.29, 0.717) is 6.54 Å². The summed E-state index contributed by atoms with van der Waals surface area (Å²) in [5, 5.41) is 5.51. The minimum atomic E-state index is -0.665. The van der Waals surface area contributed by atoms with E-state index in [4.69, 9.17) is 0 Å². The number of amides is 1. The van der Waals surface area contributed by atoms with Crippen LogP contribution in [0.2, 0.25) is 0 Å². The summed E-state index contributed by atoms with van der Waals surface area (Å²) in [6, 6.07) is 3.11. The Balaban J connectivity index is 1.68. The van der Waals surface area contributed by atoms with Crippen LogP contribution in [0.15, 0.2) is 29.8 Å². The maximum Gasteiger partial charge on any atom is 0.239 e. The number of allylic oxidation sites excluding steroid dienone is 1. The molecule has 0 aliphatic heterocycles. The van der Waals surface area contributed by atoms with Crippen molar-refractivity contribution in [3.63, 3.8) is 0 Å². The zero-order valence-corrected chi connectivity index (χ0v) is 11.9. The number of hydrogen-bond acceptors (Lipinski definition) is 2. The average Bonchev–Trinajstić information content (AvgIpc) is 2.45. The third kappa shape index (κ3) is 5.53. The predicted molar refractivity (Wildman–Crippen MR) is 79.0 cm³/mol. The normalized spacial score (nSPS) is 14.5. The quantitative estimate of drug-likeness (QED) is 0.790. The second kappa shape index (κ2) is 7.76. The Morgan fingerprint density at radius 3 is 2.57 bits per heavy atom. The first-order valence-corrected chi connectivity index (χ1v) is 7.28. The minimum Gasteiger partial charge on any atom is -0.376 e. The highest BCUT2D eigenvalue weighted by molar-refractivity contribution is 5.80. The fraction of sp³-hybridized carbons (Fsp3) is 0.438. The molecule has 3 nitrogen and oxygen atoms in total. The Kier molecular flexibility index (Phi) is 5.72. The minimum absolute atomic E-state index is 0.00193. The smallest absolute Gasteiger partial charge is 0.239 e. The number of anilines is 1. The molecule has 0 heterocycles. The molecule has 2 N–H and O–H groups in total. The molecule has 0 fully saturated rings. The van der Waals surface area contributed by atoms with Crippen molar-refractivity contribution in [2.24, 2.45) is 0 Å². The van der Waals surface area contributed by atoms with Crippen molar-refractivity contribution >= 4 is 11.6 Å². The van der Waals surface area contributed by atoms with Gasteiger partial charge in [-0.2, -0.15) is 0 Å². The van der Waals surface area contributed by atoms with Crippen molar-refractivity contribution in [1.82, 2.24) is 5.32 Å². The van der Waals surface area contributed by atoms with E-state index in [1.165, 1.54) is 18.4 Å². The Morgan fingerprint density at radius 1 is 1.14 bits per heavy atom. The van der Waals surface area contributed by atoms with E-state index in [0.717, 1.165) is 37.5 Å². The van der Waals surface area contributed by atoms with Crippen LogP contribution in [0.5, 0.6) is 0 Å². The van der Waals surface area contributed by atoms with Gasteiger partial charge in [0.05, 0.1) is 6.54 Å². The van der Waals surface area contributed by atoms with Crippen LogP contribution in [0.4, 0.5) is 14.5 Å². The van der Waals surface area contributed by atoms with Gasteiger partial charge in [0.2, 0.25) is 5.91 Å². The van der Waals surface area contributed by atoms with Gasteiger partial charge in [-0.05, 0) is 44.2 Å². The molecule has 1 amide bonds. The SMILES string of the molecule is O=C(CNc1cc(F)cc(F)c1)NCCC1=CCCCC1. The van der Waals surface area contributed by atoms with Crippen molar-refractivity contribution in [3.8, 4) is 0 Å². The zero-order chi connectivity index (χ0) is 15.1. The Hall–Kier alpha value is -1.91. The summed E-state index contributed by atoms with van der Waals surface area (Å²) in [5.74, 6) is -1.51. The maximum absolute atomic E-state index is 13.0. The van der Waals surface area contributed by atoms with Crippen molar-refractivity contribution in [2.45, 2.75) is 32.1 Å². The molecule has 0 bridgehead atoms. The second-order valence-corrected chi connectivity index (χ2v) is 5.22. The van der Waals surface area contributed by atoms with Gasteiger partial charge in [-0.3, -0.25) is 4.79 Å². The molecule has 114 valence electrons. The van der Waals surface area contributed by atoms with Crippen LogP contribution >= 0.6 is 0 Å². The molecular weight excluding hydrogens is 274 g/mol. The summed E-state index contributed by atoms with van der Waals surface area (Å²) in [6.07, 6.45) is 7.87. The van der Waals surface area contributed by atoms with Crippen LogP contribution in [0, 0.1) is 11.6 Å². The first-order valence-electron chi connectivity index (χ1n) is 7.28. The van der Waals surface area contributed by atoms with E-state index in [1.807, 2.05) is 0 Å². The zero-order valence-electron chi connectivity index (χ0n) is 11.9. The summed E-state index contributed by atoms with van der Waals surface area (Å²) >= 11 is 0. The van der Waals surface area contributed by atoms with Gasteiger partial charge >= 0.3 is 0 Å². The summed E-state index contributed by atoms with van der Waals surface area (Å²) < 4.78 is 25.9. The maximum atomic E-state index is 13.0. The van der Waals surface area contributed by atoms with Crippen molar-refractivity contribution < 1.29 is 13.6 Å². The third-order valence-corrected chi connectivity index (χ3v) is 3.47. The molecule has 1 aliphatic carbocycles. The molecular formula is C16H20F2N2O. The summed E-state index contributed by atoms with van der Waals surface area (Å²) in [4.78, 5) is 11.6. The third-order valence-electron chi connectivity index (χ3n) is 3.47. The molecule has 0 radical (unpaired) electrons. The molecule has 0 aromatic heterocycles. The molecule has 2 rings (SSSR count). The van der Waals surface area contributed by atoms with Gasteiger partial charge < -0.3 is 10.6 Å². The standard InChI is InChI=1S/C16H20F2N2O/c17-13-8-14(18)10-15(9-13)20-11-16(21)19-7-6-12-4-2-1-3-5-12/h4,8-10,20H,1-3,5-7,11H2,(H,19,21). The highest BCUT2D eigenvalue weighted by Crippen LogP contribution is 2.19. The molecule has 0 saturated carbocycles. The van der Waals surface area contributed by atoms with Gasteiger partial charge in [-0.1, -0.05) is 11.6 Å². The van der Waals surface area contributed by atoms with Gasteiger partial charge in [-0.25, -0.2) is 8.78 Å². The first-order chi connectivity index (χ1) is 10.1. The summed E-state index contributed by atoms with van der Waals surface area (Å²) in [7, 11) is 0. The van der Waals surface area contributed by atoms with Crippen LogP contribution in [0.3, 0.4) is 0 Å². The Morgan fingerprint density at radius 2 is 1.90 bits per heavy atom. The van der Waals surface area contributed by atoms with Crippen LogP contribution in [-0.2, 0) is 4.79 Å². The lowest BCUT2D eigenvalue weighted by atomic mass is 9.97. The molecule has 1 aromatic carbocycles. The molecule has 21 heavy (non-hydrogen) atoms. The number of benzene rings is 1. The monoisotopic (exact) mass is 294 g/mol. The second-order valence-electron chi connectivity index (χ2n) is 5.22. The van der Waals surface area contributed by atoms with Gasteiger partial charge in [0.15, 0.2) is 0 Å². The molecule has 0 unspecified atom stereocenters. The topological polar surface area (TPSA) is 41.1 Å². The molecule has 1 aliphatic rings. The summed E-state index contributed by atoms with van der Waals surface area (Å²) in [5.41, 5.74) is 1.67. The van der Waals surface area contributed by atoms with E-state index in [1.54, 1.807) is 0 Å². The largest absolute Gasteiger partial charge is 0.376 e. The lowest BCUT2D eigenvalue weighted by Crippen LogP contribution is -2.30. The molecule has 0 saturated heterocycles. The van der Waals surface area contributed by atoms with E-state index in [2.05, 4.69) is 16.7 Å². The summed E-state index contributed by atoms with van der Waals surface area (Å²) in [6.45, 7) is 0.603. The van der Waals surface area contributed by atoms with Crippen LogP contribution in [-0.4, -0.2) is 19.0 Å². The van der Waals surface area contributed by atoms with E-state index < -0.39 is 11.6 Å². The molecule has 5 heteroatoms. The van der Waals surface area contributed by atoms with Crippen molar-refractivity contribution in [2.75, 3.05) is 18.4 Å². The lowest BCUT2D eigenvalue weighted by Gasteiger charge is -2.13. The number of nitrogens with one attached hydrogen (secondary N) is 2. The number of rotatable bonds is 6. The number of carbonyl (C=O) groups is 1. The first kappa shape index (κ1) is 15.5. The number of hydrogen-bond donors (Lipinski definition) is 2. The van der Waals surface area contributed by atoms with Crippen LogP contribution < -0.4 is 10.6 Å². The van der Waals surface area contributed by atoms with Gasteiger partial charge in [0, 0.05) is 18.3 Å². The fourth-order valence-corrected chi connectivity index (χ4v) is 2.39. The van der Waals surface area contributed by atoms with Crippen molar-refractivity contribution in [3.05, 3.63) is 41.5 Å². The molecule has 0 atom stereocenters. The number of halogens is 2. The van der Waals surface area contributed by atoms with Crippen LogP contribution in [0.25, 0.3) is 0 Å². The molecule has 0 spiro atoms. The van der Waals surface area contributed by atoms with Gasteiger partial charge in [0.25, 0.3) is 0 Å². The highest BCUT2D eigenvalue weighted by atomic mass is 19.1. The van der Waals surface area contributed by atoms with E-state index >= 15 is 0 Å². The van der Waals surface area contributed by atoms with E-state index in [-0.39, 0.29) is 18.1 Å². The van der Waals surface area contributed by atoms with E-state index in [9.17, 15) is 13.6 Å². The van der Waals surface area contributed by atoms with Crippen LogP contribution in [0.1, 0.15) is 32.1 Å². The fourth-order valence-electron chi connectivity index (χ4n) is 2.39. The Bertz CT molecular complexity index is 509. The predicted octanol–water partition coefficient (Wildman–Crippen LogP) is 3.38.